The first kappa shape index (κ1) is 22.4. The van der Waals surface area contributed by atoms with Gasteiger partial charge in [-0.15, -0.1) is 0 Å². The predicted octanol–water partition coefficient (Wildman–Crippen LogP) is 4.54. The number of rotatable bonds is 8. The largest absolute Gasteiger partial charge is 0.484 e. The number of benzene rings is 3. The molecule has 3 rings (SSSR count). The summed E-state index contributed by atoms with van der Waals surface area (Å²) in [5, 5.41) is 2.78. The zero-order valence-electron chi connectivity index (χ0n) is 17.8. The maximum Gasteiger partial charge on any atom is 0.264 e. The van der Waals surface area contributed by atoms with Crippen molar-refractivity contribution in [3.05, 3.63) is 83.9 Å². The van der Waals surface area contributed by atoms with Gasteiger partial charge >= 0.3 is 0 Å². The molecule has 0 saturated carbocycles. The van der Waals surface area contributed by atoms with Gasteiger partial charge in [0.05, 0.1) is 10.6 Å². The molecule has 31 heavy (non-hydrogen) atoms. The van der Waals surface area contributed by atoms with Gasteiger partial charge < -0.3 is 10.1 Å². The molecule has 0 spiro atoms. The summed E-state index contributed by atoms with van der Waals surface area (Å²) in [4.78, 5) is 12.4. The highest BCUT2D eigenvalue weighted by Crippen LogP contribution is 2.26. The van der Waals surface area contributed by atoms with Gasteiger partial charge in [0.15, 0.2) is 6.61 Å². The van der Waals surface area contributed by atoms with E-state index in [1.807, 2.05) is 38.1 Å². The number of aryl methyl sites for hydroxylation is 2. The van der Waals surface area contributed by atoms with Crippen LogP contribution in [0.3, 0.4) is 0 Å². The molecule has 7 heteroatoms. The maximum atomic E-state index is 13.0. The molecule has 1 amide bonds. The van der Waals surface area contributed by atoms with Gasteiger partial charge in [0, 0.05) is 12.2 Å². The van der Waals surface area contributed by atoms with Gasteiger partial charge in [0.2, 0.25) is 0 Å². The first-order valence-corrected chi connectivity index (χ1v) is 11.4. The fraction of sp³-hybridized carbons (Fsp3) is 0.208. The van der Waals surface area contributed by atoms with Crippen molar-refractivity contribution in [3.63, 3.8) is 0 Å². The lowest BCUT2D eigenvalue weighted by Crippen LogP contribution is -2.30. The highest BCUT2D eigenvalue weighted by Gasteiger charge is 2.23. The van der Waals surface area contributed by atoms with Gasteiger partial charge in [-0.1, -0.05) is 29.8 Å². The van der Waals surface area contributed by atoms with Crippen LogP contribution < -0.4 is 14.4 Å². The minimum atomic E-state index is -3.67. The number of nitrogens with zero attached hydrogens (tertiary/aromatic N) is 1. The number of nitrogens with one attached hydrogen (secondary N) is 1. The third-order valence-electron chi connectivity index (χ3n) is 4.69. The number of hydrogen-bond acceptors (Lipinski definition) is 4. The number of amides is 1. The molecule has 0 bridgehead atoms. The molecule has 3 aromatic rings. The van der Waals surface area contributed by atoms with Gasteiger partial charge in [-0.2, -0.15) is 0 Å². The molecular weight excluding hydrogens is 412 g/mol. The van der Waals surface area contributed by atoms with Crippen LogP contribution in [0.4, 0.5) is 11.4 Å². The van der Waals surface area contributed by atoms with Crippen molar-refractivity contribution in [1.82, 2.24) is 0 Å². The molecule has 3 aromatic carbocycles. The predicted molar refractivity (Wildman–Crippen MR) is 123 cm³/mol. The highest BCUT2D eigenvalue weighted by molar-refractivity contribution is 7.92. The molecular formula is C24H26N2O4S. The Kier molecular flexibility index (Phi) is 6.97. The second kappa shape index (κ2) is 9.66. The van der Waals surface area contributed by atoms with Crippen molar-refractivity contribution in [2.45, 2.75) is 25.7 Å². The molecule has 0 heterocycles. The Hall–Kier alpha value is -3.32. The van der Waals surface area contributed by atoms with E-state index in [4.69, 9.17) is 4.74 Å². The first-order valence-electron chi connectivity index (χ1n) is 9.98. The minimum Gasteiger partial charge on any atom is -0.484 e. The summed E-state index contributed by atoms with van der Waals surface area (Å²) >= 11 is 0. The molecule has 162 valence electrons. The van der Waals surface area contributed by atoms with Gasteiger partial charge in [-0.25, -0.2) is 8.42 Å². The number of anilines is 2. The SMILES string of the molecule is CCN(c1ccc(OCC(=O)Nc2cccc(C)c2)cc1)S(=O)(=O)c1ccc(C)cc1. The van der Waals surface area contributed by atoms with E-state index < -0.39 is 10.0 Å². The van der Waals surface area contributed by atoms with Crippen molar-refractivity contribution in [1.29, 1.82) is 0 Å². The van der Waals surface area contributed by atoms with E-state index >= 15 is 0 Å². The van der Waals surface area contributed by atoms with Gasteiger partial charge in [-0.3, -0.25) is 9.10 Å². The van der Waals surface area contributed by atoms with Crippen LogP contribution in [0, 0.1) is 13.8 Å². The summed E-state index contributed by atoms with van der Waals surface area (Å²) in [5.74, 6) is 0.207. The van der Waals surface area contributed by atoms with Crippen LogP contribution in [0.1, 0.15) is 18.1 Å². The van der Waals surface area contributed by atoms with E-state index in [2.05, 4.69) is 5.32 Å². The van der Waals surface area contributed by atoms with Crippen LogP contribution in [0.2, 0.25) is 0 Å². The average Bonchev–Trinajstić information content (AvgIpc) is 2.74. The third kappa shape index (κ3) is 5.64. The molecule has 0 fully saturated rings. The minimum absolute atomic E-state index is 0.146. The van der Waals surface area contributed by atoms with Crippen LogP contribution in [-0.4, -0.2) is 27.5 Å². The molecule has 0 saturated heterocycles. The average molecular weight is 439 g/mol. The van der Waals surface area contributed by atoms with E-state index in [9.17, 15) is 13.2 Å². The monoisotopic (exact) mass is 438 g/mol. The molecule has 0 aliphatic carbocycles. The Morgan fingerprint density at radius 3 is 2.23 bits per heavy atom. The summed E-state index contributed by atoms with van der Waals surface area (Å²) < 4.78 is 32.9. The summed E-state index contributed by atoms with van der Waals surface area (Å²) in [6, 6.07) is 20.9. The quantitative estimate of drug-likeness (QED) is 0.560. The van der Waals surface area contributed by atoms with Gasteiger partial charge in [0.25, 0.3) is 15.9 Å². The maximum absolute atomic E-state index is 13.0. The number of carbonyl (C=O) groups is 1. The third-order valence-corrected chi connectivity index (χ3v) is 6.61. The molecule has 0 aliphatic rings. The Bertz CT molecular complexity index is 1140. The smallest absolute Gasteiger partial charge is 0.264 e. The van der Waals surface area contributed by atoms with E-state index in [0.29, 0.717) is 17.1 Å². The lowest BCUT2D eigenvalue weighted by Gasteiger charge is -2.23. The van der Waals surface area contributed by atoms with E-state index in [0.717, 1.165) is 11.1 Å². The van der Waals surface area contributed by atoms with Crippen molar-refractivity contribution in [2.24, 2.45) is 0 Å². The van der Waals surface area contributed by atoms with Crippen molar-refractivity contribution in [3.8, 4) is 5.75 Å². The van der Waals surface area contributed by atoms with Crippen molar-refractivity contribution < 1.29 is 17.9 Å². The molecule has 0 unspecified atom stereocenters. The summed E-state index contributed by atoms with van der Waals surface area (Å²) in [7, 11) is -3.67. The van der Waals surface area contributed by atoms with Gasteiger partial charge in [0.1, 0.15) is 5.75 Å². The molecule has 0 atom stereocenters. The van der Waals surface area contributed by atoms with E-state index in [1.54, 1.807) is 55.5 Å². The van der Waals surface area contributed by atoms with Crippen LogP contribution in [0.15, 0.2) is 77.7 Å². The zero-order valence-corrected chi connectivity index (χ0v) is 18.6. The number of carbonyl (C=O) groups excluding carboxylic acids is 1. The fourth-order valence-electron chi connectivity index (χ4n) is 3.11. The fourth-order valence-corrected chi connectivity index (χ4v) is 4.58. The van der Waals surface area contributed by atoms with Crippen LogP contribution in [-0.2, 0) is 14.8 Å². The Morgan fingerprint density at radius 2 is 1.61 bits per heavy atom. The summed E-state index contributed by atoms with van der Waals surface area (Å²) in [6.07, 6.45) is 0. The van der Waals surface area contributed by atoms with Crippen LogP contribution in [0.25, 0.3) is 0 Å². The number of sulfonamides is 1. The molecule has 1 N–H and O–H groups in total. The second-order valence-electron chi connectivity index (χ2n) is 7.18. The lowest BCUT2D eigenvalue weighted by atomic mass is 10.2. The summed E-state index contributed by atoms with van der Waals surface area (Å²) in [6.45, 7) is 5.79. The van der Waals surface area contributed by atoms with Gasteiger partial charge in [-0.05, 0) is 74.9 Å². The Morgan fingerprint density at radius 1 is 0.935 bits per heavy atom. The topological polar surface area (TPSA) is 75.7 Å². The normalized spacial score (nSPS) is 11.1. The van der Waals surface area contributed by atoms with Crippen molar-refractivity contribution >= 4 is 27.3 Å². The van der Waals surface area contributed by atoms with Crippen LogP contribution >= 0.6 is 0 Å². The Balaban J connectivity index is 1.65. The molecule has 0 radical (unpaired) electrons. The molecule has 6 nitrogen and oxygen atoms in total. The highest BCUT2D eigenvalue weighted by atomic mass is 32.2. The van der Waals surface area contributed by atoms with E-state index in [1.165, 1.54) is 4.31 Å². The second-order valence-corrected chi connectivity index (χ2v) is 9.05. The number of ether oxygens (including phenoxy) is 1. The van der Waals surface area contributed by atoms with Crippen molar-refractivity contribution in [2.75, 3.05) is 22.8 Å². The Labute approximate surface area is 183 Å². The number of hydrogen-bond donors (Lipinski definition) is 1. The zero-order chi connectivity index (χ0) is 22.4. The molecule has 0 aliphatic heterocycles. The lowest BCUT2D eigenvalue weighted by molar-refractivity contribution is -0.118. The summed E-state index contributed by atoms with van der Waals surface area (Å²) in [5.41, 5.74) is 3.29. The first-order chi connectivity index (χ1) is 14.8. The van der Waals surface area contributed by atoms with Crippen LogP contribution in [0.5, 0.6) is 5.75 Å². The standard InChI is InChI=1S/C24H26N2O4S/c1-4-26(31(28,29)23-14-8-18(2)9-15-23)21-10-12-22(13-11-21)30-17-24(27)25-20-7-5-6-19(3)16-20/h5-16H,4,17H2,1-3H3,(H,25,27). The van der Waals surface area contributed by atoms with E-state index in [-0.39, 0.29) is 24.0 Å². The molecule has 0 aromatic heterocycles.